The van der Waals surface area contributed by atoms with Gasteiger partial charge >= 0.3 is 11.9 Å². The van der Waals surface area contributed by atoms with Gasteiger partial charge < -0.3 is 9.84 Å². The Morgan fingerprint density at radius 2 is 1.83 bits per heavy atom. The second-order valence-corrected chi connectivity index (χ2v) is 5.77. The van der Waals surface area contributed by atoms with Gasteiger partial charge in [-0.25, -0.2) is 4.79 Å². The molecular weight excluding hydrogens is 248 g/mol. The largest absolute Gasteiger partial charge is 0.481 e. The van der Waals surface area contributed by atoms with Gasteiger partial charge in [0, 0.05) is 15.8 Å². The average molecular weight is 264 g/mol. The number of carbonyl (C=O) groups is 2. The van der Waals surface area contributed by atoms with Crippen LogP contribution in [0, 0.1) is 6.92 Å². The number of carboxylic acid groups (broad SMARTS) is 1. The van der Waals surface area contributed by atoms with Crippen molar-refractivity contribution in [1.82, 2.24) is 0 Å². The minimum absolute atomic E-state index is 0.0342. The van der Waals surface area contributed by atoms with Gasteiger partial charge in [0.15, 0.2) is 0 Å². The molecule has 1 unspecified atom stereocenters. The molecule has 1 aromatic rings. The van der Waals surface area contributed by atoms with Gasteiger partial charge in [0.25, 0.3) is 0 Å². The van der Waals surface area contributed by atoms with E-state index in [1.807, 2.05) is 19.1 Å². The zero-order chi connectivity index (χ0) is 13.9. The van der Waals surface area contributed by atoms with Crippen LogP contribution in [0.4, 0.5) is 0 Å². The molecule has 0 amide bonds. The summed E-state index contributed by atoms with van der Waals surface area (Å²) in [5.74, 6) is -1.76. The lowest BCUT2D eigenvalue weighted by Gasteiger charge is -2.26. The van der Waals surface area contributed by atoms with Crippen LogP contribution >= 0.6 is 0 Å². The third-order valence-corrected chi connectivity index (χ3v) is 4.70. The molecule has 0 bridgehead atoms. The van der Waals surface area contributed by atoms with E-state index in [4.69, 9.17) is 0 Å². The van der Waals surface area contributed by atoms with Crippen LogP contribution in [-0.4, -0.2) is 34.4 Å². The minimum atomic E-state index is -1.35. The molecular formula is C13H16O4Si. The molecule has 0 saturated heterocycles. The monoisotopic (exact) mass is 264 g/mol. The highest BCUT2D eigenvalue weighted by atomic mass is 28.1. The van der Waals surface area contributed by atoms with Crippen LogP contribution in [0.5, 0.6) is 0 Å². The minimum Gasteiger partial charge on any atom is -0.481 e. The Morgan fingerprint density at radius 1 is 1.33 bits per heavy atom. The number of aryl methyl sites for hydroxylation is 1. The molecule has 0 heterocycles. The Labute approximate surface area is 109 Å². The molecule has 0 saturated carbocycles. The molecule has 1 aromatic carbocycles. The summed E-state index contributed by atoms with van der Waals surface area (Å²) in [6.45, 7) is 5.51. The molecule has 0 aliphatic carbocycles. The molecule has 1 N–H and O–H groups in total. The Balaban J connectivity index is 3.32. The van der Waals surface area contributed by atoms with Gasteiger partial charge in [-0.2, -0.15) is 0 Å². The zero-order valence-corrected chi connectivity index (χ0v) is 12.7. The molecule has 5 heteroatoms. The molecule has 18 heavy (non-hydrogen) atoms. The summed E-state index contributed by atoms with van der Waals surface area (Å²) in [4.78, 5) is 23.1. The number of ether oxygens (including phenoxy) is 1. The van der Waals surface area contributed by atoms with E-state index in [1.54, 1.807) is 12.1 Å². The number of esters is 1. The van der Waals surface area contributed by atoms with Gasteiger partial charge in [0.2, 0.25) is 0 Å². The Hall–Kier alpha value is -1.88. The molecule has 1 atom stereocenters. The van der Waals surface area contributed by atoms with E-state index < -0.39 is 17.0 Å². The van der Waals surface area contributed by atoms with Crippen molar-refractivity contribution in [3.63, 3.8) is 0 Å². The SMILES string of the molecule is C=C(C(=O)OC)C([SiH3])(C(=O)O)c1ccc(C)cc1. The van der Waals surface area contributed by atoms with E-state index in [-0.39, 0.29) is 15.8 Å². The summed E-state index contributed by atoms with van der Waals surface area (Å²) in [5.41, 5.74) is 1.55. The van der Waals surface area contributed by atoms with Gasteiger partial charge in [-0.1, -0.05) is 36.4 Å². The fraction of sp³-hybridized carbons (Fsp3) is 0.231. The highest BCUT2D eigenvalue weighted by Crippen LogP contribution is 2.29. The van der Waals surface area contributed by atoms with Crippen LogP contribution in [0.25, 0.3) is 0 Å². The number of benzene rings is 1. The Kier molecular flexibility index (Phi) is 4.08. The van der Waals surface area contributed by atoms with E-state index >= 15 is 0 Å². The first-order valence-electron chi connectivity index (χ1n) is 5.42. The fourth-order valence-corrected chi connectivity index (χ4v) is 2.18. The summed E-state index contributed by atoms with van der Waals surface area (Å²) in [6, 6.07) is 7.06. The quantitative estimate of drug-likeness (QED) is 0.485. The Bertz CT molecular complexity index is 492. The summed E-state index contributed by atoms with van der Waals surface area (Å²) in [7, 11) is 1.44. The van der Waals surface area contributed by atoms with E-state index in [0.717, 1.165) is 5.56 Å². The second-order valence-electron chi connectivity index (χ2n) is 4.27. The molecule has 96 valence electrons. The maximum Gasteiger partial charge on any atom is 0.334 e. The maximum absolute atomic E-state index is 11.5. The number of aliphatic carboxylic acids is 1. The van der Waals surface area contributed by atoms with Crippen LogP contribution < -0.4 is 0 Å². The van der Waals surface area contributed by atoms with E-state index in [0.29, 0.717) is 5.56 Å². The van der Waals surface area contributed by atoms with Crippen LogP contribution in [0.3, 0.4) is 0 Å². The molecule has 0 aromatic heterocycles. The van der Waals surface area contributed by atoms with Crippen LogP contribution in [0.1, 0.15) is 11.1 Å². The van der Waals surface area contributed by atoms with Crippen LogP contribution in [0.2, 0.25) is 0 Å². The molecule has 4 nitrogen and oxygen atoms in total. The fourth-order valence-electron chi connectivity index (χ4n) is 1.64. The summed E-state index contributed by atoms with van der Waals surface area (Å²) < 4.78 is 4.57. The smallest absolute Gasteiger partial charge is 0.334 e. The topological polar surface area (TPSA) is 63.6 Å². The molecule has 0 radical (unpaired) electrons. The molecule has 0 spiro atoms. The van der Waals surface area contributed by atoms with Gasteiger partial charge in [-0.3, -0.25) is 4.79 Å². The lowest BCUT2D eigenvalue weighted by molar-refractivity contribution is -0.143. The van der Waals surface area contributed by atoms with Gasteiger partial charge in [-0.05, 0) is 12.5 Å². The highest BCUT2D eigenvalue weighted by molar-refractivity contribution is 6.33. The molecule has 0 aliphatic rings. The lowest BCUT2D eigenvalue weighted by atomic mass is 9.90. The van der Waals surface area contributed by atoms with Crippen molar-refractivity contribution in [2.24, 2.45) is 0 Å². The van der Waals surface area contributed by atoms with Crippen molar-refractivity contribution in [2.75, 3.05) is 7.11 Å². The van der Waals surface area contributed by atoms with Crippen LogP contribution in [0.15, 0.2) is 36.4 Å². The summed E-state index contributed by atoms with van der Waals surface area (Å²) in [5, 5.41) is 8.09. The van der Waals surface area contributed by atoms with Crippen molar-refractivity contribution < 1.29 is 19.4 Å². The van der Waals surface area contributed by atoms with Gasteiger partial charge in [0.05, 0.1) is 7.11 Å². The first-order chi connectivity index (χ1) is 8.33. The van der Waals surface area contributed by atoms with Crippen molar-refractivity contribution in [1.29, 1.82) is 0 Å². The third kappa shape index (κ3) is 2.35. The van der Waals surface area contributed by atoms with E-state index in [2.05, 4.69) is 11.3 Å². The number of carbonyl (C=O) groups excluding carboxylic acids is 1. The first-order valence-corrected chi connectivity index (χ1v) is 6.42. The van der Waals surface area contributed by atoms with E-state index in [1.165, 1.54) is 7.11 Å². The van der Waals surface area contributed by atoms with Crippen LogP contribution in [-0.2, 0) is 19.4 Å². The predicted octanol–water partition coefficient (Wildman–Crippen LogP) is 0.370. The number of rotatable bonds is 4. The summed E-state index contributed by atoms with van der Waals surface area (Å²) >= 11 is 0. The molecule has 1 rings (SSSR count). The maximum atomic E-state index is 11.5. The standard InChI is InChI=1S/C13H16O4Si/c1-8-4-6-10(7-5-8)13(18,12(15)16)9(2)11(14)17-3/h4-7H,2H2,1,3,18H3,(H,15,16). The number of methoxy groups -OCH3 is 1. The Morgan fingerprint density at radius 3 is 2.22 bits per heavy atom. The predicted molar refractivity (Wildman–Crippen MR) is 71.6 cm³/mol. The molecule has 0 fully saturated rings. The third-order valence-electron chi connectivity index (χ3n) is 3.09. The highest BCUT2D eigenvalue weighted by Gasteiger charge is 2.41. The van der Waals surface area contributed by atoms with E-state index in [9.17, 15) is 14.7 Å². The average Bonchev–Trinajstić information content (AvgIpc) is 2.36. The number of hydrogen-bond acceptors (Lipinski definition) is 3. The first kappa shape index (κ1) is 14.2. The normalized spacial score (nSPS) is 13.7. The van der Waals surface area contributed by atoms with Crippen molar-refractivity contribution in [2.45, 2.75) is 12.0 Å². The van der Waals surface area contributed by atoms with Gasteiger partial charge in [0.1, 0.15) is 5.04 Å². The summed E-state index contributed by atoms with van der Waals surface area (Å²) in [6.07, 6.45) is 0. The molecule has 0 aliphatic heterocycles. The van der Waals surface area contributed by atoms with Crippen molar-refractivity contribution in [3.8, 4) is 0 Å². The van der Waals surface area contributed by atoms with Crippen molar-refractivity contribution >= 4 is 22.2 Å². The number of carboxylic acids is 1. The van der Waals surface area contributed by atoms with Gasteiger partial charge in [-0.15, -0.1) is 0 Å². The second kappa shape index (κ2) is 5.18. The van der Waals surface area contributed by atoms with Crippen molar-refractivity contribution in [3.05, 3.63) is 47.5 Å². The lowest BCUT2D eigenvalue weighted by Crippen LogP contribution is -2.41. The zero-order valence-electron chi connectivity index (χ0n) is 10.7. The number of hydrogen-bond donors (Lipinski definition) is 1.